The second kappa shape index (κ2) is 19.7. The van der Waals surface area contributed by atoms with Gasteiger partial charge in [0.15, 0.2) is 18.4 Å². The van der Waals surface area contributed by atoms with Crippen LogP contribution in [-0.4, -0.2) is 141 Å². The largest absolute Gasteiger partial charge is 0.462 e. The average molecular weight is 873 g/mol. The third kappa shape index (κ3) is 9.64. The highest BCUT2D eigenvalue weighted by molar-refractivity contribution is 5.78. The molecule has 4 fully saturated rings. The number of carbonyl (C=O) groups excluding carboxylic acids is 1. The van der Waals surface area contributed by atoms with Gasteiger partial charge in [-0.15, -0.1) is 0 Å². The molecular weight excluding hydrogens is 801 g/mol. The zero-order valence-corrected chi connectivity index (χ0v) is 38.5. The highest BCUT2D eigenvalue weighted by atomic mass is 16.7. The summed E-state index contributed by atoms with van der Waals surface area (Å²) < 4.78 is 69.7. The molecule has 0 saturated carbocycles. The molecule has 0 amide bonds. The van der Waals surface area contributed by atoms with Crippen molar-refractivity contribution >= 4 is 5.97 Å². The summed E-state index contributed by atoms with van der Waals surface area (Å²) in [6.07, 6.45) is 8.94. The van der Waals surface area contributed by atoms with Crippen LogP contribution in [0.15, 0.2) is 59.3 Å². The van der Waals surface area contributed by atoms with E-state index in [-0.39, 0.29) is 42.7 Å². The number of esters is 1. The third-order valence-corrected chi connectivity index (χ3v) is 14.2. The van der Waals surface area contributed by atoms with E-state index in [1.165, 1.54) is 0 Å². The van der Waals surface area contributed by atoms with Crippen molar-refractivity contribution in [3.8, 4) is 0 Å². The number of fused-ring (bicyclic) bond motifs is 2. The molecule has 0 unspecified atom stereocenters. The molecule has 4 saturated heterocycles. The van der Waals surface area contributed by atoms with Crippen LogP contribution >= 0.6 is 0 Å². The van der Waals surface area contributed by atoms with Crippen molar-refractivity contribution < 1.29 is 67.1 Å². The van der Waals surface area contributed by atoms with Crippen molar-refractivity contribution in [2.45, 2.75) is 185 Å². The Hall–Kier alpha value is -2.31. The van der Waals surface area contributed by atoms with Gasteiger partial charge >= 0.3 is 5.97 Å². The molecule has 7 rings (SSSR count). The SMILES string of the molecule is CO[C@H]1C[C@H](O[C@H]2[C@H](C)O[C@@H](O[C@@H]3/C(C)=C/C[C@@H]4C[C@@H](C[C@]5(C=C[C@H](C)[C@@H](C(C)C)O5)O4)OC(=O)[C@@H]4C=C(C)[C@@H](OC)[C@H]5OC/C(=C/C=C/[C@@H]3C)[C@]54O)C[C@@H]2OC)O[C@@H](C)[C@@H]1O. The number of aliphatic hydroxyl groups is 2. The van der Waals surface area contributed by atoms with Gasteiger partial charge in [0.05, 0.1) is 49.3 Å². The van der Waals surface area contributed by atoms with Crippen LogP contribution in [0.2, 0.25) is 0 Å². The van der Waals surface area contributed by atoms with E-state index in [0.717, 1.165) is 11.1 Å². The Balaban J connectivity index is 1.19. The lowest BCUT2D eigenvalue weighted by Gasteiger charge is -2.48. The Morgan fingerprint density at radius 2 is 1.53 bits per heavy atom. The van der Waals surface area contributed by atoms with E-state index in [0.29, 0.717) is 37.7 Å². The summed E-state index contributed by atoms with van der Waals surface area (Å²) in [4.78, 5) is 14.4. The average Bonchev–Trinajstić information content (AvgIpc) is 3.56. The molecule has 348 valence electrons. The van der Waals surface area contributed by atoms with E-state index in [9.17, 15) is 15.0 Å². The summed E-state index contributed by atoms with van der Waals surface area (Å²) in [5.41, 5.74) is 0.622. The maximum Gasteiger partial charge on any atom is 0.316 e. The molecule has 14 heteroatoms. The van der Waals surface area contributed by atoms with Gasteiger partial charge in [0.1, 0.15) is 42.0 Å². The smallest absolute Gasteiger partial charge is 0.316 e. The molecule has 14 nitrogen and oxygen atoms in total. The van der Waals surface area contributed by atoms with Crippen LogP contribution in [-0.2, 0) is 56.9 Å². The number of ether oxygens (including phenoxy) is 11. The Morgan fingerprint density at radius 3 is 2.24 bits per heavy atom. The van der Waals surface area contributed by atoms with Crippen LogP contribution in [0.1, 0.15) is 87.5 Å². The summed E-state index contributed by atoms with van der Waals surface area (Å²) in [5, 5.41) is 23.2. The summed E-state index contributed by atoms with van der Waals surface area (Å²) >= 11 is 0. The summed E-state index contributed by atoms with van der Waals surface area (Å²) in [6.45, 7) is 16.3. The predicted molar refractivity (Wildman–Crippen MR) is 227 cm³/mol. The van der Waals surface area contributed by atoms with Gasteiger partial charge in [-0.25, -0.2) is 0 Å². The first-order valence-electron chi connectivity index (χ1n) is 22.7. The summed E-state index contributed by atoms with van der Waals surface area (Å²) in [6, 6.07) is 0. The lowest BCUT2D eigenvalue weighted by atomic mass is 9.70. The number of aliphatic hydroxyl groups excluding tert-OH is 1. The lowest BCUT2D eigenvalue weighted by Crippen LogP contribution is -2.58. The maximum atomic E-state index is 14.4. The first-order chi connectivity index (χ1) is 29.5. The molecule has 0 radical (unpaired) electrons. The minimum Gasteiger partial charge on any atom is -0.462 e. The molecule has 7 aliphatic rings. The molecule has 62 heavy (non-hydrogen) atoms. The second-order valence-corrected chi connectivity index (χ2v) is 19.0. The third-order valence-electron chi connectivity index (χ3n) is 14.2. The fraction of sp³-hybridized carbons (Fsp3) is 0.771. The van der Waals surface area contributed by atoms with E-state index in [2.05, 4.69) is 46.8 Å². The highest BCUT2D eigenvalue weighted by Gasteiger charge is 2.60. The van der Waals surface area contributed by atoms with Gasteiger partial charge in [0.25, 0.3) is 0 Å². The normalized spacial score (nSPS) is 48.7. The van der Waals surface area contributed by atoms with E-state index < -0.39 is 90.8 Å². The van der Waals surface area contributed by atoms with Crippen LogP contribution in [0.4, 0.5) is 0 Å². The molecule has 2 bridgehead atoms. The van der Waals surface area contributed by atoms with Gasteiger partial charge in [0, 0.05) is 58.8 Å². The van der Waals surface area contributed by atoms with Crippen molar-refractivity contribution in [3.05, 3.63) is 59.3 Å². The Morgan fingerprint density at radius 1 is 0.823 bits per heavy atom. The van der Waals surface area contributed by atoms with Crippen LogP contribution in [0.5, 0.6) is 0 Å². The first-order valence-corrected chi connectivity index (χ1v) is 22.7. The van der Waals surface area contributed by atoms with Crippen LogP contribution in [0, 0.1) is 23.7 Å². The van der Waals surface area contributed by atoms with Gasteiger partial charge in [-0.1, -0.05) is 64.2 Å². The van der Waals surface area contributed by atoms with Crippen LogP contribution in [0.25, 0.3) is 0 Å². The molecule has 0 aromatic rings. The first kappa shape index (κ1) is 47.6. The van der Waals surface area contributed by atoms with Gasteiger partial charge in [0.2, 0.25) is 0 Å². The van der Waals surface area contributed by atoms with Crippen molar-refractivity contribution in [2.75, 3.05) is 27.9 Å². The van der Waals surface area contributed by atoms with Gasteiger partial charge in [-0.2, -0.15) is 0 Å². The fourth-order valence-corrected chi connectivity index (χ4v) is 10.7. The molecule has 0 aromatic carbocycles. The Kier molecular flexibility index (Phi) is 15.1. The monoisotopic (exact) mass is 872 g/mol. The van der Waals surface area contributed by atoms with Crippen LogP contribution < -0.4 is 0 Å². The molecule has 6 aliphatic heterocycles. The number of hydrogen-bond donors (Lipinski definition) is 2. The number of allylic oxidation sites excluding steroid dienone is 2. The summed E-state index contributed by atoms with van der Waals surface area (Å²) in [5.74, 6) is -2.41. The zero-order chi connectivity index (χ0) is 44.7. The minimum atomic E-state index is -1.71. The molecule has 19 atom stereocenters. The van der Waals surface area contributed by atoms with Crippen molar-refractivity contribution in [1.82, 2.24) is 0 Å². The summed E-state index contributed by atoms with van der Waals surface area (Å²) in [7, 11) is 4.82. The Labute approximate surface area is 367 Å². The van der Waals surface area contributed by atoms with Gasteiger partial charge in [-0.3, -0.25) is 4.79 Å². The molecule has 6 heterocycles. The van der Waals surface area contributed by atoms with E-state index in [4.69, 9.17) is 52.1 Å². The standard InChI is InChI=1S/C48H72O14/c1-25(2)41-28(5)17-18-47(62-41)23-34-20-33(61-47)16-15-27(4)42(59-39-22-37(53-10)44(31(8)57-39)60-38-21-36(52-9)40(49)30(7)56-38)26(3)13-12-14-32-24-55-45-43(54-11)29(6)19-35(46(50)58-34)48(32,45)51/h12-15,17-19,25-26,28,30-31,33-45,49,51H,16,20-24H2,1-11H3/b13-12+,27-15+,32-14-/t26-,28-,30-,31-,33+,34-,35-,36-,37-,38-,39-,40-,41+,42-,43+,44-,45+,47+,48+/m0/s1. The maximum absolute atomic E-state index is 14.4. The number of hydrogen-bond acceptors (Lipinski definition) is 14. The van der Waals surface area contributed by atoms with Crippen molar-refractivity contribution in [2.24, 2.45) is 23.7 Å². The molecule has 1 aliphatic carbocycles. The van der Waals surface area contributed by atoms with Gasteiger partial charge in [-0.05, 0) is 62.8 Å². The van der Waals surface area contributed by atoms with E-state index >= 15 is 0 Å². The zero-order valence-electron chi connectivity index (χ0n) is 38.5. The second-order valence-electron chi connectivity index (χ2n) is 19.0. The topological polar surface area (TPSA) is 159 Å². The number of carbonyl (C=O) groups is 1. The van der Waals surface area contributed by atoms with Crippen LogP contribution in [0.3, 0.4) is 0 Å². The lowest BCUT2D eigenvalue weighted by molar-refractivity contribution is -0.318. The molecular formula is C48H72O14. The number of methoxy groups -OCH3 is 3. The van der Waals surface area contributed by atoms with Crippen molar-refractivity contribution in [1.29, 1.82) is 0 Å². The molecule has 2 N–H and O–H groups in total. The molecule has 0 aromatic heterocycles. The molecule has 1 spiro atoms. The van der Waals surface area contributed by atoms with Crippen molar-refractivity contribution in [3.63, 3.8) is 0 Å². The fourth-order valence-electron chi connectivity index (χ4n) is 10.7. The quantitative estimate of drug-likeness (QED) is 0.228. The van der Waals surface area contributed by atoms with Gasteiger partial charge < -0.3 is 62.3 Å². The predicted octanol–water partition coefficient (Wildman–Crippen LogP) is 5.64. The van der Waals surface area contributed by atoms with E-state index in [1.54, 1.807) is 34.3 Å². The minimum absolute atomic E-state index is 0.0944. The van der Waals surface area contributed by atoms with E-state index in [1.807, 2.05) is 38.2 Å². The Bertz CT molecular complexity index is 1720. The highest BCUT2D eigenvalue weighted by Crippen LogP contribution is 2.47. The number of rotatable bonds is 8.